The summed E-state index contributed by atoms with van der Waals surface area (Å²) in [6, 6.07) is 7.72. The zero-order chi connectivity index (χ0) is 16.8. The van der Waals surface area contributed by atoms with Crippen LogP contribution in [0.25, 0.3) is 5.69 Å². The molecule has 0 saturated heterocycles. The van der Waals surface area contributed by atoms with Crippen molar-refractivity contribution in [2.75, 3.05) is 0 Å². The first-order valence-electron chi connectivity index (χ1n) is 7.94. The highest BCUT2D eigenvalue weighted by molar-refractivity contribution is 5.78. The lowest BCUT2D eigenvalue weighted by molar-refractivity contribution is -0.126. The van der Waals surface area contributed by atoms with Gasteiger partial charge in [-0.25, -0.2) is 4.68 Å². The van der Waals surface area contributed by atoms with Crippen LogP contribution in [0.5, 0.6) is 0 Å². The molecule has 1 amide bonds. The van der Waals surface area contributed by atoms with Crippen LogP contribution in [0.1, 0.15) is 38.4 Å². The van der Waals surface area contributed by atoms with Crippen molar-refractivity contribution >= 4 is 5.91 Å². The molecule has 0 aliphatic rings. The fourth-order valence-electron chi connectivity index (χ4n) is 2.23. The molecule has 2 atom stereocenters. The fraction of sp³-hybridized carbons (Fsp3) is 0.471. The number of hydrogen-bond donors (Lipinski definition) is 2. The van der Waals surface area contributed by atoms with E-state index in [9.17, 15) is 4.79 Å². The minimum absolute atomic E-state index is 0.0197. The van der Waals surface area contributed by atoms with Gasteiger partial charge in [0.25, 0.3) is 0 Å². The van der Waals surface area contributed by atoms with Crippen LogP contribution in [-0.2, 0) is 17.9 Å². The standard InChI is InChI=1S/C17H24N4O2/c1-4-12(2)13(3)17(23)18-9-14-5-7-16(8-6-14)21-10-15(11-22)19-20-21/h5-8,10,12-13,22H,4,9,11H2,1-3H3,(H,18,23). The van der Waals surface area contributed by atoms with E-state index in [1.165, 1.54) is 0 Å². The van der Waals surface area contributed by atoms with Gasteiger partial charge in [0, 0.05) is 12.5 Å². The summed E-state index contributed by atoms with van der Waals surface area (Å²) in [6.45, 7) is 6.55. The van der Waals surface area contributed by atoms with Crippen LogP contribution in [0.4, 0.5) is 0 Å². The van der Waals surface area contributed by atoms with Crippen LogP contribution in [0.15, 0.2) is 30.5 Å². The molecule has 0 aliphatic heterocycles. The van der Waals surface area contributed by atoms with E-state index in [2.05, 4.69) is 29.5 Å². The summed E-state index contributed by atoms with van der Waals surface area (Å²) in [5.74, 6) is 0.490. The van der Waals surface area contributed by atoms with E-state index in [-0.39, 0.29) is 18.4 Å². The summed E-state index contributed by atoms with van der Waals surface area (Å²) in [5, 5.41) is 19.8. The van der Waals surface area contributed by atoms with E-state index in [1.54, 1.807) is 10.9 Å². The van der Waals surface area contributed by atoms with Gasteiger partial charge >= 0.3 is 0 Å². The normalized spacial score (nSPS) is 13.6. The van der Waals surface area contributed by atoms with Crippen molar-refractivity contribution in [3.05, 3.63) is 41.7 Å². The maximum Gasteiger partial charge on any atom is 0.223 e. The molecule has 0 aliphatic carbocycles. The number of rotatable bonds is 7. The SMILES string of the molecule is CCC(C)C(C)C(=O)NCc1ccc(-n2cc(CO)nn2)cc1. The number of amides is 1. The Morgan fingerprint density at radius 2 is 2.00 bits per heavy atom. The second-order valence-corrected chi connectivity index (χ2v) is 5.87. The van der Waals surface area contributed by atoms with E-state index >= 15 is 0 Å². The first-order chi connectivity index (χ1) is 11.0. The molecule has 6 heteroatoms. The van der Waals surface area contributed by atoms with Crippen molar-refractivity contribution in [2.45, 2.75) is 40.3 Å². The Kier molecular flexibility index (Phi) is 5.87. The highest BCUT2D eigenvalue weighted by Gasteiger charge is 2.18. The lowest BCUT2D eigenvalue weighted by Gasteiger charge is -2.17. The zero-order valence-electron chi connectivity index (χ0n) is 13.9. The molecule has 1 aromatic carbocycles. The van der Waals surface area contributed by atoms with Gasteiger partial charge in [-0.1, -0.05) is 44.5 Å². The van der Waals surface area contributed by atoms with Gasteiger partial charge in [-0.2, -0.15) is 0 Å². The number of aromatic nitrogens is 3. The molecule has 124 valence electrons. The summed E-state index contributed by atoms with van der Waals surface area (Å²) < 4.78 is 1.61. The Balaban J connectivity index is 1.94. The maximum atomic E-state index is 12.1. The van der Waals surface area contributed by atoms with Crippen LogP contribution in [-0.4, -0.2) is 26.0 Å². The Morgan fingerprint density at radius 3 is 2.57 bits per heavy atom. The molecular formula is C17H24N4O2. The van der Waals surface area contributed by atoms with Crippen LogP contribution in [0.2, 0.25) is 0 Å². The van der Waals surface area contributed by atoms with Crippen molar-refractivity contribution < 1.29 is 9.90 Å². The molecule has 6 nitrogen and oxygen atoms in total. The largest absolute Gasteiger partial charge is 0.390 e. The van der Waals surface area contributed by atoms with E-state index in [4.69, 9.17) is 5.11 Å². The predicted octanol–water partition coefficient (Wildman–Crippen LogP) is 2.06. The summed E-state index contributed by atoms with van der Waals surface area (Å²) >= 11 is 0. The molecule has 0 spiro atoms. The number of nitrogens with zero attached hydrogens (tertiary/aromatic N) is 3. The highest BCUT2D eigenvalue weighted by Crippen LogP contribution is 2.15. The van der Waals surface area contributed by atoms with Crippen molar-refractivity contribution in [2.24, 2.45) is 11.8 Å². The highest BCUT2D eigenvalue weighted by atomic mass is 16.3. The Morgan fingerprint density at radius 1 is 1.30 bits per heavy atom. The molecule has 1 aromatic heterocycles. The molecule has 23 heavy (non-hydrogen) atoms. The predicted molar refractivity (Wildman–Crippen MR) is 87.7 cm³/mol. The van der Waals surface area contributed by atoms with Gasteiger partial charge in [0.15, 0.2) is 0 Å². The number of carbonyl (C=O) groups is 1. The number of benzene rings is 1. The van der Waals surface area contributed by atoms with Crippen LogP contribution in [0, 0.1) is 11.8 Å². The van der Waals surface area contributed by atoms with E-state index < -0.39 is 0 Å². The molecule has 0 bridgehead atoms. The summed E-state index contributed by atoms with van der Waals surface area (Å²) in [7, 11) is 0. The minimum atomic E-state index is -0.127. The van der Waals surface area contributed by atoms with E-state index in [0.717, 1.165) is 17.7 Å². The van der Waals surface area contributed by atoms with Crippen LogP contribution >= 0.6 is 0 Å². The first kappa shape index (κ1) is 17.1. The maximum absolute atomic E-state index is 12.1. The molecular weight excluding hydrogens is 292 g/mol. The van der Waals surface area contributed by atoms with Crippen molar-refractivity contribution in [1.82, 2.24) is 20.3 Å². The smallest absolute Gasteiger partial charge is 0.223 e. The second kappa shape index (κ2) is 7.87. The molecule has 2 unspecified atom stereocenters. The summed E-state index contributed by atoms with van der Waals surface area (Å²) in [5.41, 5.74) is 2.42. The van der Waals surface area contributed by atoms with Gasteiger partial charge in [-0.15, -0.1) is 5.10 Å². The molecule has 0 radical (unpaired) electrons. The number of aliphatic hydroxyl groups excluding tert-OH is 1. The molecule has 2 aromatic rings. The van der Waals surface area contributed by atoms with E-state index in [1.807, 2.05) is 31.2 Å². The Labute approximate surface area is 136 Å². The van der Waals surface area contributed by atoms with Crippen LogP contribution in [0.3, 0.4) is 0 Å². The average Bonchev–Trinajstić information content (AvgIpc) is 3.07. The summed E-state index contributed by atoms with van der Waals surface area (Å²) in [4.78, 5) is 12.1. The summed E-state index contributed by atoms with van der Waals surface area (Å²) in [6.07, 6.45) is 2.68. The van der Waals surface area contributed by atoms with Gasteiger partial charge in [-0.05, 0) is 23.6 Å². The third-order valence-corrected chi connectivity index (χ3v) is 4.28. The van der Waals surface area contributed by atoms with Crippen LogP contribution < -0.4 is 5.32 Å². The lowest BCUT2D eigenvalue weighted by atomic mass is 9.93. The Hall–Kier alpha value is -2.21. The number of hydrogen-bond acceptors (Lipinski definition) is 4. The Bertz CT molecular complexity index is 636. The van der Waals surface area contributed by atoms with Crippen molar-refractivity contribution in [1.29, 1.82) is 0 Å². The fourth-order valence-corrected chi connectivity index (χ4v) is 2.23. The zero-order valence-corrected chi connectivity index (χ0v) is 13.9. The quantitative estimate of drug-likeness (QED) is 0.819. The molecule has 2 rings (SSSR count). The minimum Gasteiger partial charge on any atom is -0.390 e. The van der Waals surface area contributed by atoms with Gasteiger partial charge in [0.05, 0.1) is 18.5 Å². The van der Waals surface area contributed by atoms with Gasteiger partial charge in [0.2, 0.25) is 5.91 Å². The van der Waals surface area contributed by atoms with Gasteiger partial charge in [-0.3, -0.25) is 4.79 Å². The first-order valence-corrected chi connectivity index (χ1v) is 7.94. The second-order valence-electron chi connectivity index (χ2n) is 5.87. The van der Waals surface area contributed by atoms with Gasteiger partial charge in [0.1, 0.15) is 5.69 Å². The number of aliphatic hydroxyl groups is 1. The topological polar surface area (TPSA) is 80.0 Å². The monoisotopic (exact) mass is 316 g/mol. The molecule has 0 saturated carbocycles. The van der Waals surface area contributed by atoms with E-state index in [0.29, 0.717) is 18.2 Å². The third kappa shape index (κ3) is 4.39. The lowest BCUT2D eigenvalue weighted by Crippen LogP contribution is -2.31. The molecule has 2 N–H and O–H groups in total. The molecule has 1 heterocycles. The average molecular weight is 316 g/mol. The van der Waals surface area contributed by atoms with Crippen molar-refractivity contribution in [3.63, 3.8) is 0 Å². The van der Waals surface area contributed by atoms with Gasteiger partial charge < -0.3 is 10.4 Å². The molecule has 0 fully saturated rings. The number of carbonyl (C=O) groups excluding carboxylic acids is 1. The third-order valence-electron chi connectivity index (χ3n) is 4.28. The number of nitrogens with one attached hydrogen (secondary N) is 1. The van der Waals surface area contributed by atoms with Crippen molar-refractivity contribution in [3.8, 4) is 5.69 Å².